The van der Waals surface area contributed by atoms with Gasteiger partial charge in [-0.15, -0.1) is 11.3 Å². The molecule has 0 atom stereocenters. The lowest BCUT2D eigenvalue weighted by Crippen LogP contribution is -2.05. The van der Waals surface area contributed by atoms with Crippen molar-refractivity contribution in [1.29, 1.82) is 0 Å². The second-order valence-corrected chi connectivity index (χ2v) is 5.57. The van der Waals surface area contributed by atoms with Gasteiger partial charge >= 0.3 is 0 Å². The van der Waals surface area contributed by atoms with E-state index in [-0.39, 0.29) is 6.10 Å². The molecule has 0 aliphatic rings. The average Bonchev–Trinajstić information content (AvgIpc) is 2.73. The molecular weight excluding hydrogens is 242 g/mol. The van der Waals surface area contributed by atoms with Crippen molar-refractivity contribution in [3.8, 4) is 5.75 Å². The average molecular weight is 261 g/mol. The molecule has 0 unspecified atom stereocenters. The highest BCUT2D eigenvalue weighted by molar-refractivity contribution is 7.10. The number of benzene rings is 1. The van der Waals surface area contributed by atoms with Crippen molar-refractivity contribution in [1.82, 2.24) is 0 Å². The molecule has 0 fully saturated rings. The van der Waals surface area contributed by atoms with Crippen LogP contribution in [-0.2, 0) is 6.54 Å². The van der Waals surface area contributed by atoms with Crippen LogP contribution in [0, 0.1) is 6.92 Å². The van der Waals surface area contributed by atoms with Crippen LogP contribution in [0.25, 0.3) is 0 Å². The molecule has 2 rings (SSSR count). The van der Waals surface area contributed by atoms with Crippen molar-refractivity contribution in [2.45, 2.75) is 33.4 Å². The number of rotatable bonds is 5. The Bertz CT molecular complexity index is 487. The normalized spacial score (nSPS) is 10.7. The fourth-order valence-electron chi connectivity index (χ4n) is 1.69. The van der Waals surface area contributed by atoms with Gasteiger partial charge in [-0.25, -0.2) is 0 Å². The third-order valence-electron chi connectivity index (χ3n) is 2.65. The Morgan fingerprint density at radius 3 is 2.44 bits per heavy atom. The van der Waals surface area contributed by atoms with Gasteiger partial charge in [0.15, 0.2) is 0 Å². The minimum absolute atomic E-state index is 0.220. The molecule has 1 aromatic heterocycles. The Hall–Kier alpha value is -1.48. The van der Waals surface area contributed by atoms with Gasteiger partial charge in [-0.05, 0) is 62.0 Å². The summed E-state index contributed by atoms with van der Waals surface area (Å²) in [6, 6.07) is 10.3. The molecule has 1 aromatic carbocycles. The van der Waals surface area contributed by atoms with Crippen LogP contribution in [0.1, 0.15) is 24.3 Å². The van der Waals surface area contributed by atoms with Gasteiger partial charge in [0.1, 0.15) is 5.75 Å². The lowest BCUT2D eigenvalue weighted by molar-refractivity contribution is 0.242. The van der Waals surface area contributed by atoms with Crippen molar-refractivity contribution in [3.05, 3.63) is 46.2 Å². The van der Waals surface area contributed by atoms with E-state index in [1.807, 2.05) is 26.0 Å². The van der Waals surface area contributed by atoms with Crippen molar-refractivity contribution in [3.63, 3.8) is 0 Å². The molecule has 0 aliphatic carbocycles. The van der Waals surface area contributed by atoms with E-state index in [9.17, 15) is 0 Å². The van der Waals surface area contributed by atoms with E-state index < -0.39 is 0 Å². The van der Waals surface area contributed by atoms with Gasteiger partial charge in [-0.3, -0.25) is 0 Å². The van der Waals surface area contributed by atoms with Crippen LogP contribution in [0.15, 0.2) is 35.7 Å². The molecule has 0 spiro atoms. The molecule has 18 heavy (non-hydrogen) atoms. The van der Waals surface area contributed by atoms with E-state index >= 15 is 0 Å². The van der Waals surface area contributed by atoms with Gasteiger partial charge in [0.05, 0.1) is 6.10 Å². The molecule has 0 bridgehead atoms. The summed E-state index contributed by atoms with van der Waals surface area (Å²) in [7, 11) is 0. The summed E-state index contributed by atoms with van der Waals surface area (Å²) in [4.78, 5) is 1.39. The monoisotopic (exact) mass is 261 g/mol. The van der Waals surface area contributed by atoms with Crippen molar-refractivity contribution in [2.24, 2.45) is 0 Å². The Labute approximate surface area is 113 Å². The van der Waals surface area contributed by atoms with E-state index in [4.69, 9.17) is 4.74 Å². The smallest absolute Gasteiger partial charge is 0.119 e. The lowest BCUT2D eigenvalue weighted by atomic mass is 10.2. The minimum atomic E-state index is 0.220. The summed E-state index contributed by atoms with van der Waals surface area (Å²) in [6.07, 6.45) is 0.220. The highest BCUT2D eigenvalue weighted by atomic mass is 32.1. The van der Waals surface area contributed by atoms with Crippen LogP contribution in [-0.4, -0.2) is 6.10 Å². The lowest BCUT2D eigenvalue weighted by Gasteiger charge is -2.11. The third kappa shape index (κ3) is 3.50. The molecule has 0 amide bonds. The number of aryl methyl sites for hydroxylation is 1. The molecule has 1 heterocycles. The zero-order chi connectivity index (χ0) is 13.0. The van der Waals surface area contributed by atoms with Gasteiger partial charge in [0.2, 0.25) is 0 Å². The van der Waals surface area contributed by atoms with E-state index in [0.717, 1.165) is 18.0 Å². The van der Waals surface area contributed by atoms with E-state index in [1.165, 1.54) is 10.4 Å². The fourth-order valence-corrected chi connectivity index (χ4v) is 2.54. The molecule has 1 N–H and O–H groups in total. The molecule has 0 aliphatic heterocycles. The summed E-state index contributed by atoms with van der Waals surface area (Å²) in [5.41, 5.74) is 2.48. The summed E-state index contributed by atoms with van der Waals surface area (Å²) >= 11 is 1.79. The largest absolute Gasteiger partial charge is 0.491 e. The van der Waals surface area contributed by atoms with Crippen LogP contribution in [0.2, 0.25) is 0 Å². The first-order valence-electron chi connectivity index (χ1n) is 6.18. The van der Waals surface area contributed by atoms with E-state index in [1.54, 1.807) is 11.3 Å². The van der Waals surface area contributed by atoms with Gasteiger partial charge in [0, 0.05) is 17.1 Å². The minimum Gasteiger partial charge on any atom is -0.491 e. The van der Waals surface area contributed by atoms with Crippen molar-refractivity contribution >= 4 is 17.0 Å². The predicted octanol–water partition coefficient (Wildman–Crippen LogP) is 4.46. The van der Waals surface area contributed by atoms with Gasteiger partial charge in [-0.1, -0.05) is 0 Å². The molecular formula is C15H19NOS. The number of ether oxygens (including phenoxy) is 1. The standard InChI is InChI=1S/C15H19NOS/c1-11(2)17-14-6-4-13(5-7-14)16-10-15-12(3)8-9-18-15/h4-9,11,16H,10H2,1-3H3. The zero-order valence-corrected chi connectivity index (χ0v) is 11.9. The van der Waals surface area contributed by atoms with Crippen LogP contribution < -0.4 is 10.1 Å². The highest BCUT2D eigenvalue weighted by Gasteiger charge is 2.01. The zero-order valence-electron chi connectivity index (χ0n) is 11.1. The summed E-state index contributed by atoms with van der Waals surface area (Å²) in [5, 5.41) is 5.55. The van der Waals surface area contributed by atoms with Gasteiger partial charge in [-0.2, -0.15) is 0 Å². The molecule has 96 valence electrons. The maximum atomic E-state index is 5.61. The molecule has 0 saturated carbocycles. The van der Waals surface area contributed by atoms with Crippen molar-refractivity contribution in [2.75, 3.05) is 5.32 Å². The summed E-state index contributed by atoms with van der Waals surface area (Å²) in [5.74, 6) is 0.919. The molecule has 3 heteroatoms. The first-order valence-corrected chi connectivity index (χ1v) is 7.06. The summed E-state index contributed by atoms with van der Waals surface area (Å²) in [6.45, 7) is 7.10. The molecule has 2 aromatic rings. The quantitative estimate of drug-likeness (QED) is 0.858. The molecule has 0 saturated heterocycles. The Morgan fingerprint density at radius 2 is 1.89 bits per heavy atom. The second-order valence-electron chi connectivity index (χ2n) is 4.57. The highest BCUT2D eigenvalue weighted by Crippen LogP contribution is 2.20. The SMILES string of the molecule is Cc1ccsc1CNc1ccc(OC(C)C)cc1. The number of hydrogen-bond donors (Lipinski definition) is 1. The first kappa shape index (κ1) is 13.0. The molecule has 2 nitrogen and oxygen atoms in total. The Morgan fingerprint density at radius 1 is 1.17 bits per heavy atom. The van der Waals surface area contributed by atoms with Crippen LogP contribution in [0.4, 0.5) is 5.69 Å². The number of anilines is 1. The number of thiophene rings is 1. The maximum absolute atomic E-state index is 5.61. The summed E-state index contributed by atoms with van der Waals surface area (Å²) < 4.78 is 5.61. The first-order chi connectivity index (χ1) is 8.65. The Balaban J connectivity index is 1.92. The molecule has 0 radical (unpaired) electrons. The van der Waals surface area contributed by atoms with Crippen LogP contribution in [0.5, 0.6) is 5.75 Å². The second kappa shape index (κ2) is 5.91. The number of hydrogen-bond acceptors (Lipinski definition) is 3. The van der Waals surface area contributed by atoms with Gasteiger partial charge in [0.25, 0.3) is 0 Å². The maximum Gasteiger partial charge on any atom is 0.119 e. The van der Waals surface area contributed by atoms with Crippen LogP contribution >= 0.6 is 11.3 Å². The Kier molecular flexibility index (Phi) is 4.26. The fraction of sp³-hybridized carbons (Fsp3) is 0.333. The van der Waals surface area contributed by atoms with E-state index in [0.29, 0.717) is 0 Å². The predicted molar refractivity (Wildman–Crippen MR) is 78.6 cm³/mol. The van der Waals surface area contributed by atoms with E-state index in [2.05, 4.69) is 35.8 Å². The van der Waals surface area contributed by atoms with Crippen molar-refractivity contribution < 1.29 is 4.74 Å². The topological polar surface area (TPSA) is 21.3 Å². The van der Waals surface area contributed by atoms with Crippen LogP contribution in [0.3, 0.4) is 0 Å². The number of nitrogens with one attached hydrogen (secondary N) is 1. The van der Waals surface area contributed by atoms with Gasteiger partial charge < -0.3 is 10.1 Å². The third-order valence-corrected chi connectivity index (χ3v) is 3.67.